The van der Waals surface area contributed by atoms with Gasteiger partial charge in [0.15, 0.2) is 6.10 Å². The molecule has 0 saturated heterocycles. The van der Waals surface area contributed by atoms with Crippen LogP contribution in [0.15, 0.2) is 48.5 Å². The van der Waals surface area contributed by atoms with E-state index in [0.717, 1.165) is 23.3 Å². The number of methoxy groups -OCH3 is 1. The molecule has 0 aliphatic heterocycles. The van der Waals surface area contributed by atoms with E-state index in [0.29, 0.717) is 12.2 Å². The maximum Gasteiger partial charge on any atom is 0.261 e. The number of para-hydroxylation sites is 1. The largest absolute Gasteiger partial charge is 0.496 e. The van der Waals surface area contributed by atoms with Gasteiger partial charge in [0.25, 0.3) is 5.91 Å². The van der Waals surface area contributed by atoms with Gasteiger partial charge in [-0.05, 0) is 49.1 Å². The molecule has 0 saturated carbocycles. The van der Waals surface area contributed by atoms with Gasteiger partial charge in [0.1, 0.15) is 11.5 Å². The third-order valence-corrected chi connectivity index (χ3v) is 4.23. The number of carbonyl (C=O) groups is 1. The number of aryl methyl sites for hydroxylation is 1. The number of carbonyl (C=O) groups excluding carboxylic acids is 1. The molecule has 0 heterocycles. The number of benzene rings is 2. The molecule has 1 N–H and O–H groups in total. The van der Waals surface area contributed by atoms with Crippen molar-refractivity contribution in [2.45, 2.75) is 45.8 Å². The molecule has 2 aromatic rings. The summed E-state index contributed by atoms with van der Waals surface area (Å²) < 4.78 is 11.1. The molecule has 0 aliphatic rings. The van der Waals surface area contributed by atoms with Gasteiger partial charge in [0.05, 0.1) is 13.2 Å². The minimum absolute atomic E-state index is 0.0504. The van der Waals surface area contributed by atoms with E-state index in [1.54, 1.807) is 7.11 Å². The maximum atomic E-state index is 12.7. The highest BCUT2D eigenvalue weighted by Crippen LogP contribution is 2.24. The van der Waals surface area contributed by atoms with E-state index in [2.05, 4.69) is 18.3 Å². The lowest BCUT2D eigenvalue weighted by atomic mass is 10.0. The quantitative estimate of drug-likeness (QED) is 0.773. The standard InChI is InChI=1S/C21H27NO3/c1-5-18(16-12-13-20(24-4)15(3)14-16)22-21(23)19(6-2)25-17-10-8-7-9-11-17/h7-14,18-19H,5-6H2,1-4H3,(H,22,23). The molecule has 0 aromatic heterocycles. The average molecular weight is 341 g/mol. The van der Waals surface area contributed by atoms with Crippen molar-refractivity contribution in [3.8, 4) is 11.5 Å². The van der Waals surface area contributed by atoms with Crippen LogP contribution < -0.4 is 14.8 Å². The molecule has 4 heteroatoms. The molecule has 0 bridgehead atoms. The third-order valence-electron chi connectivity index (χ3n) is 4.23. The Hall–Kier alpha value is -2.49. The number of ether oxygens (including phenoxy) is 2. The molecular weight excluding hydrogens is 314 g/mol. The summed E-state index contributed by atoms with van der Waals surface area (Å²) in [5.41, 5.74) is 2.13. The fourth-order valence-electron chi connectivity index (χ4n) is 2.79. The number of rotatable bonds is 8. The Labute approximate surface area is 150 Å². The molecule has 0 radical (unpaired) electrons. The summed E-state index contributed by atoms with van der Waals surface area (Å²) in [5, 5.41) is 3.11. The van der Waals surface area contributed by atoms with E-state index in [1.807, 2.05) is 56.3 Å². The predicted octanol–water partition coefficient (Wildman–Crippen LogP) is 4.43. The van der Waals surface area contributed by atoms with Crippen LogP contribution in [0.3, 0.4) is 0 Å². The first kappa shape index (κ1) is 18.8. The van der Waals surface area contributed by atoms with Gasteiger partial charge in [-0.2, -0.15) is 0 Å². The van der Waals surface area contributed by atoms with Crippen molar-refractivity contribution in [1.29, 1.82) is 0 Å². The molecule has 2 aromatic carbocycles. The van der Waals surface area contributed by atoms with Gasteiger partial charge in [-0.1, -0.05) is 44.2 Å². The van der Waals surface area contributed by atoms with Crippen molar-refractivity contribution in [3.05, 3.63) is 59.7 Å². The molecule has 4 nitrogen and oxygen atoms in total. The zero-order chi connectivity index (χ0) is 18.2. The van der Waals surface area contributed by atoms with Gasteiger partial charge in [-0.15, -0.1) is 0 Å². The van der Waals surface area contributed by atoms with Gasteiger partial charge in [-0.3, -0.25) is 4.79 Å². The van der Waals surface area contributed by atoms with Crippen molar-refractivity contribution < 1.29 is 14.3 Å². The van der Waals surface area contributed by atoms with Crippen molar-refractivity contribution in [3.63, 3.8) is 0 Å². The van der Waals surface area contributed by atoms with Gasteiger partial charge in [0, 0.05) is 0 Å². The van der Waals surface area contributed by atoms with Crippen LogP contribution in [0.5, 0.6) is 11.5 Å². The van der Waals surface area contributed by atoms with Crippen LogP contribution in [0.25, 0.3) is 0 Å². The summed E-state index contributed by atoms with van der Waals surface area (Å²) in [6.45, 7) is 6.01. The molecule has 25 heavy (non-hydrogen) atoms. The number of hydrogen-bond donors (Lipinski definition) is 1. The molecule has 2 rings (SSSR count). The van der Waals surface area contributed by atoms with Gasteiger partial charge in [-0.25, -0.2) is 0 Å². The van der Waals surface area contributed by atoms with Gasteiger partial charge >= 0.3 is 0 Å². The maximum absolute atomic E-state index is 12.7. The van der Waals surface area contributed by atoms with E-state index in [4.69, 9.17) is 9.47 Å². The summed E-state index contributed by atoms with van der Waals surface area (Å²) >= 11 is 0. The molecular formula is C21H27NO3. The summed E-state index contributed by atoms with van der Waals surface area (Å²) in [6.07, 6.45) is 0.911. The summed E-state index contributed by atoms with van der Waals surface area (Å²) in [4.78, 5) is 12.7. The Morgan fingerprint density at radius 3 is 2.36 bits per heavy atom. The van der Waals surface area contributed by atoms with E-state index in [9.17, 15) is 4.79 Å². The first-order valence-electron chi connectivity index (χ1n) is 8.75. The molecule has 2 unspecified atom stereocenters. The van der Waals surface area contributed by atoms with Crippen LogP contribution in [-0.2, 0) is 4.79 Å². The molecule has 134 valence electrons. The Balaban J connectivity index is 2.08. The normalized spacial score (nSPS) is 13.0. The first-order valence-corrected chi connectivity index (χ1v) is 8.75. The van der Waals surface area contributed by atoms with E-state index in [1.165, 1.54) is 0 Å². The Morgan fingerprint density at radius 1 is 1.08 bits per heavy atom. The van der Waals surface area contributed by atoms with Crippen molar-refractivity contribution in [2.24, 2.45) is 0 Å². The topological polar surface area (TPSA) is 47.6 Å². The Bertz CT molecular complexity index is 685. The summed E-state index contributed by atoms with van der Waals surface area (Å²) in [6, 6.07) is 15.4. The predicted molar refractivity (Wildman–Crippen MR) is 100 cm³/mol. The van der Waals surface area contributed by atoms with Gasteiger partial charge < -0.3 is 14.8 Å². The fraction of sp³-hybridized carbons (Fsp3) is 0.381. The van der Waals surface area contributed by atoms with Gasteiger partial charge in [0.2, 0.25) is 0 Å². The lowest BCUT2D eigenvalue weighted by Gasteiger charge is -2.23. The lowest BCUT2D eigenvalue weighted by molar-refractivity contribution is -0.128. The van der Waals surface area contributed by atoms with Crippen LogP contribution in [0.4, 0.5) is 0 Å². The van der Waals surface area contributed by atoms with Crippen LogP contribution in [0.2, 0.25) is 0 Å². The zero-order valence-corrected chi connectivity index (χ0v) is 15.4. The molecule has 2 atom stereocenters. The highest BCUT2D eigenvalue weighted by Gasteiger charge is 2.22. The Kier molecular flexibility index (Phi) is 6.87. The molecule has 0 aliphatic carbocycles. The van der Waals surface area contributed by atoms with Crippen molar-refractivity contribution in [1.82, 2.24) is 5.32 Å². The number of hydrogen-bond acceptors (Lipinski definition) is 3. The molecule has 1 amide bonds. The smallest absolute Gasteiger partial charge is 0.261 e. The second-order valence-electron chi connectivity index (χ2n) is 6.03. The van der Waals surface area contributed by atoms with Crippen LogP contribution in [0, 0.1) is 6.92 Å². The minimum atomic E-state index is -0.504. The molecule has 0 fully saturated rings. The minimum Gasteiger partial charge on any atom is -0.496 e. The monoisotopic (exact) mass is 341 g/mol. The summed E-state index contributed by atoms with van der Waals surface area (Å²) in [5.74, 6) is 1.47. The third kappa shape index (κ3) is 4.99. The van der Waals surface area contributed by atoms with E-state index in [-0.39, 0.29) is 11.9 Å². The highest BCUT2D eigenvalue weighted by molar-refractivity contribution is 5.81. The molecule has 0 spiro atoms. The van der Waals surface area contributed by atoms with Crippen molar-refractivity contribution >= 4 is 5.91 Å². The van der Waals surface area contributed by atoms with Crippen LogP contribution in [0.1, 0.15) is 43.9 Å². The Morgan fingerprint density at radius 2 is 1.80 bits per heavy atom. The van der Waals surface area contributed by atoms with E-state index >= 15 is 0 Å². The second kappa shape index (κ2) is 9.11. The van der Waals surface area contributed by atoms with E-state index < -0.39 is 6.10 Å². The number of amides is 1. The van der Waals surface area contributed by atoms with Crippen LogP contribution >= 0.6 is 0 Å². The fourth-order valence-corrected chi connectivity index (χ4v) is 2.79. The number of nitrogens with one attached hydrogen (secondary N) is 1. The first-order chi connectivity index (χ1) is 12.1. The summed E-state index contributed by atoms with van der Waals surface area (Å²) in [7, 11) is 1.66. The zero-order valence-electron chi connectivity index (χ0n) is 15.4. The lowest BCUT2D eigenvalue weighted by Crippen LogP contribution is -2.39. The second-order valence-corrected chi connectivity index (χ2v) is 6.03. The average Bonchev–Trinajstić information content (AvgIpc) is 2.64. The SMILES string of the molecule is CCC(Oc1ccccc1)C(=O)NC(CC)c1ccc(OC)c(C)c1. The van der Waals surface area contributed by atoms with Crippen LogP contribution in [-0.4, -0.2) is 19.1 Å². The highest BCUT2D eigenvalue weighted by atomic mass is 16.5. The van der Waals surface area contributed by atoms with Crippen molar-refractivity contribution in [2.75, 3.05) is 7.11 Å².